The molecule has 0 aromatic heterocycles. The molecule has 3 N–H and O–H groups in total. The normalized spacial score (nSPS) is 20.7. The Bertz CT molecular complexity index is 835. The van der Waals surface area contributed by atoms with E-state index >= 15 is 0 Å². The number of amides is 2. The molecule has 2 amide bonds. The number of carbonyl (C=O) groups is 3. The molecular weight excluding hydrogens is 446 g/mol. The van der Waals surface area contributed by atoms with Crippen molar-refractivity contribution < 1.29 is 23.9 Å². The predicted octanol–water partition coefficient (Wildman–Crippen LogP) is 4.85. The second-order valence-corrected chi connectivity index (χ2v) is 10.7. The first-order chi connectivity index (χ1) is 16.3. The zero-order valence-corrected chi connectivity index (χ0v) is 22.9. The van der Waals surface area contributed by atoms with Crippen LogP contribution in [0.1, 0.15) is 67.7 Å². The number of methoxy groups -OCH3 is 1. The second kappa shape index (κ2) is 14.1. The molecule has 0 aliphatic heterocycles. The summed E-state index contributed by atoms with van der Waals surface area (Å²) in [7, 11) is 3.31. The number of hydrogen-bond donors (Lipinski definition) is 3. The van der Waals surface area contributed by atoms with E-state index in [0.717, 1.165) is 12.8 Å². The minimum Gasteiger partial charge on any atom is -0.497 e. The van der Waals surface area contributed by atoms with Gasteiger partial charge < -0.3 is 25.4 Å². The van der Waals surface area contributed by atoms with Gasteiger partial charge >= 0.3 is 0 Å². The largest absolute Gasteiger partial charge is 0.497 e. The Labute approximate surface area is 210 Å². The summed E-state index contributed by atoms with van der Waals surface area (Å²) in [6, 6.07) is 4.96. The third-order valence-corrected chi connectivity index (χ3v) is 6.33. The summed E-state index contributed by atoms with van der Waals surface area (Å²) in [5.41, 5.74) is 0.829. The number of ether oxygens (including phenoxy) is 2. The van der Waals surface area contributed by atoms with Crippen LogP contribution in [-0.4, -0.2) is 44.1 Å². The van der Waals surface area contributed by atoms with Crippen LogP contribution in [0.2, 0.25) is 0 Å². The van der Waals surface area contributed by atoms with Gasteiger partial charge in [-0.1, -0.05) is 27.2 Å². The van der Waals surface area contributed by atoms with Gasteiger partial charge in [0.1, 0.15) is 11.4 Å². The standard InChI is InChI=1S/C22H35N3O3.C5H10O2/c1-13(2)17-9-7-14(3)11-18(17)22(27)24-19-10-8-16(28-6)12-20(19)25-21(26)15(4)23-5;1-5(2,3)7-4-6/h8,10,12-15,17-18,23H,7,9,11H2,1-6H3,(H,24,27)(H,25,26);4H,1-3H3/t14?,15-,17+,18?;/m1./s1. The van der Waals surface area contributed by atoms with E-state index in [-0.39, 0.29) is 29.4 Å². The lowest BCUT2D eigenvalue weighted by atomic mass is 9.70. The number of anilines is 2. The van der Waals surface area contributed by atoms with Crippen LogP contribution in [0.25, 0.3) is 0 Å². The summed E-state index contributed by atoms with van der Waals surface area (Å²) in [4.78, 5) is 35.1. The van der Waals surface area contributed by atoms with Crippen molar-refractivity contribution in [2.75, 3.05) is 24.8 Å². The smallest absolute Gasteiger partial charge is 0.293 e. The van der Waals surface area contributed by atoms with Crippen LogP contribution in [0.4, 0.5) is 11.4 Å². The Balaban J connectivity index is 0.000000762. The van der Waals surface area contributed by atoms with Crippen LogP contribution < -0.4 is 20.7 Å². The number of rotatable bonds is 8. The van der Waals surface area contributed by atoms with Crippen molar-refractivity contribution in [2.45, 2.75) is 79.4 Å². The average molecular weight is 492 g/mol. The highest BCUT2D eigenvalue weighted by molar-refractivity contribution is 6.02. The number of hydrogen-bond acceptors (Lipinski definition) is 6. The minimum atomic E-state index is -0.348. The van der Waals surface area contributed by atoms with Crippen LogP contribution in [0.3, 0.4) is 0 Å². The highest BCUT2D eigenvalue weighted by Crippen LogP contribution is 2.39. The van der Waals surface area contributed by atoms with Crippen molar-refractivity contribution in [3.8, 4) is 5.75 Å². The van der Waals surface area contributed by atoms with Crippen molar-refractivity contribution in [3.63, 3.8) is 0 Å². The van der Waals surface area contributed by atoms with Gasteiger partial charge in [0, 0.05) is 12.0 Å². The van der Waals surface area contributed by atoms with Crippen molar-refractivity contribution in [2.24, 2.45) is 23.7 Å². The lowest BCUT2D eigenvalue weighted by Gasteiger charge is -2.36. The van der Waals surface area contributed by atoms with Crippen molar-refractivity contribution >= 4 is 29.7 Å². The Morgan fingerprint density at radius 1 is 1.09 bits per heavy atom. The van der Waals surface area contributed by atoms with Crippen LogP contribution in [0.15, 0.2) is 18.2 Å². The van der Waals surface area contributed by atoms with Crippen molar-refractivity contribution in [3.05, 3.63) is 18.2 Å². The average Bonchev–Trinajstić information content (AvgIpc) is 2.78. The molecule has 1 fully saturated rings. The molecule has 8 nitrogen and oxygen atoms in total. The van der Waals surface area contributed by atoms with Gasteiger partial charge in [-0.05, 0) is 77.5 Å². The SMILES string of the molecule is CC(C)(C)OC=O.CN[C@H](C)C(=O)Nc1cc(OC)ccc1NC(=O)C1CC(C)CC[C@H]1C(C)C. The van der Waals surface area contributed by atoms with Crippen LogP contribution in [0, 0.1) is 23.7 Å². The molecule has 1 aliphatic carbocycles. The van der Waals surface area contributed by atoms with E-state index < -0.39 is 0 Å². The quantitative estimate of drug-likeness (QED) is 0.449. The molecule has 0 bridgehead atoms. The van der Waals surface area contributed by atoms with Crippen LogP contribution >= 0.6 is 0 Å². The lowest BCUT2D eigenvalue weighted by Crippen LogP contribution is -2.37. The Morgan fingerprint density at radius 2 is 1.74 bits per heavy atom. The molecule has 0 spiro atoms. The fourth-order valence-electron chi connectivity index (χ4n) is 4.11. The summed E-state index contributed by atoms with van der Waals surface area (Å²) in [6.45, 7) is 14.3. The summed E-state index contributed by atoms with van der Waals surface area (Å²) < 4.78 is 9.83. The van der Waals surface area contributed by atoms with Gasteiger partial charge in [0.25, 0.3) is 6.47 Å². The number of benzene rings is 1. The molecule has 35 heavy (non-hydrogen) atoms. The summed E-state index contributed by atoms with van der Waals surface area (Å²) in [5, 5.41) is 8.88. The highest BCUT2D eigenvalue weighted by Gasteiger charge is 2.35. The minimum absolute atomic E-state index is 0.00867. The fourth-order valence-corrected chi connectivity index (χ4v) is 4.11. The van der Waals surface area contributed by atoms with Crippen molar-refractivity contribution in [1.82, 2.24) is 5.32 Å². The van der Waals surface area contributed by atoms with Gasteiger partial charge in [-0.15, -0.1) is 0 Å². The van der Waals surface area contributed by atoms with E-state index in [1.165, 1.54) is 6.42 Å². The van der Waals surface area contributed by atoms with Gasteiger partial charge in [-0.25, -0.2) is 0 Å². The molecule has 0 heterocycles. The zero-order chi connectivity index (χ0) is 26.8. The molecule has 2 rings (SSSR count). The first-order valence-electron chi connectivity index (χ1n) is 12.4. The van der Waals surface area contributed by atoms with Gasteiger partial charge in [0.05, 0.1) is 24.5 Å². The second-order valence-electron chi connectivity index (χ2n) is 10.7. The van der Waals surface area contributed by atoms with Gasteiger partial charge in [0.15, 0.2) is 0 Å². The molecule has 4 atom stereocenters. The summed E-state index contributed by atoms with van der Waals surface area (Å²) >= 11 is 0. The number of likely N-dealkylation sites (N-methyl/N-ethyl adjacent to an activating group) is 1. The van der Waals surface area contributed by atoms with E-state index in [4.69, 9.17) is 4.74 Å². The molecule has 1 aromatic rings. The molecule has 1 aromatic carbocycles. The topological polar surface area (TPSA) is 106 Å². The molecule has 0 radical (unpaired) electrons. The fraction of sp³-hybridized carbons (Fsp3) is 0.667. The maximum atomic E-state index is 13.1. The van der Waals surface area contributed by atoms with Gasteiger partial charge in [0.2, 0.25) is 11.8 Å². The summed E-state index contributed by atoms with van der Waals surface area (Å²) in [5.74, 6) is 1.89. The Kier molecular flexibility index (Phi) is 12.2. The highest BCUT2D eigenvalue weighted by atomic mass is 16.5. The maximum Gasteiger partial charge on any atom is 0.293 e. The summed E-state index contributed by atoms with van der Waals surface area (Å²) in [6.07, 6.45) is 3.17. The van der Waals surface area contributed by atoms with Crippen LogP contribution in [-0.2, 0) is 19.1 Å². The maximum absolute atomic E-state index is 13.1. The Hall–Kier alpha value is -2.61. The van der Waals surface area contributed by atoms with Crippen molar-refractivity contribution in [1.29, 1.82) is 0 Å². The van der Waals surface area contributed by atoms with Crippen LogP contribution in [0.5, 0.6) is 5.75 Å². The molecule has 198 valence electrons. The monoisotopic (exact) mass is 491 g/mol. The van der Waals surface area contributed by atoms with E-state index in [9.17, 15) is 14.4 Å². The first kappa shape index (κ1) is 30.4. The van der Waals surface area contributed by atoms with Gasteiger partial charge in [-0.2, -0.15) is 0 Å². The predicted molar refractivity (Wildman–Crippen MR) is 141 cm³/mol. The number of nitrogens with one attached hydrogen (secondary N) is 3. The molecule has 1 saturated carbocycles. The third-order valence-electron chi connectivity index (χ3n) is 6.33. The Morgan fingerprint density at radius 3 is 2.23 bits per heavy atom. The van der Waals surface area contributed by atoms with Gasteiger partial charge in [-0.3, -0.25) is 14.4 Å². The molecular formula is C27H45N3O5. The molecule has 1 aliphatic rings. The van der Waals surface area contributed by atoms with E-state index in [0.29, 0.717) is 41.4 Å². The lowest BCUT2D eigenvalue weighted by molar-refractivity contribution is -0.138. The zero-order valence-electron chi connectivity index (χ0n) is 22.9. The molecule has 0 saturated heterocycles. The molecule has 8 heteroatoms. The first-order valence-corrected chi connectivity index (χ1v) is 12.4. The molecule has 2 unspecified atom stereocenters. The third kappa shape index (κ3) is 10.3. The number of carbonyl (C=O) groups excluding carboxylic acids is 3. The van der Waals surface area contributed by atoms with E-state index in [1.54, 1.807) is 39.3 Å². The van der Waals surface area contributed by atoms with E-state index in [2.05, 4.69) is 41.5 Å². The van der Waals surface area contributed by atoms with E-state index in [1.807, 2.05) is 20.8 Å².